The number of likely N-dealkylation sites (N-methyl/N-ethyl adjacent to an activating group) is 1. The van der Waals surface area contributed by atoms with E-state index in [0.29, 0.717) is 23.5 Å². The van der Waals surface area contributed by atoms with E-state index >= 15 is 0 Å². The third-order valence-electron chi connectivity index (χ3n) is 5.67. The lowest BCUT2D eigenvalue weighted by molar-refractivity contribution is -0.122. The number of nitrogens with one attached hydrogen (secondary N) is 1. The van der Waals surface area contributed by atoms with Crippen LogP contribution in [0.2, 0.25) is 0 Å². The number of amides is 2. The van der Waals surface area contributed by atoms with Gasteiger partial charge in [0.2, 0.25) is 11.7 Å². The van der Waals surface area contributed by atoms with Crippen LogP contribution in [0.5, 0.6) is 17.2 Å². The lowest BCUT2D eigenvalue weighted by Gasteiger charge is -2.18. The van der Waals surface area contributed by atoms with Gasteiger partial charge in [-0.05, 0) is 48.4 Å². The molecule has 2 amide bonds. The molecule has 0 saturated heterocycles. The molecule has 0 unspecified atom stereocenters. The number of aromatic hydroxyl groups is 1. The highest BCUT2D eigenvalue weighted by Gasteiger charge is 2.13. The fraction of sp³-hybridized carbons (Fsp3) is 0.429. The smallest absolute Gasteiger partial charge is 0.252 e. The molecule has 8 nitrogen and oxygen atoms in total. The van der Waals surface area contributed by atoms with Crippen molar-refractivity contribution in [2.75, 3.05) is 44.7 Å². The summed E-state index contributed by atoms with van der Waals surface area (Å²) in [4.78, 5) is 26.5. The number of carbonyl (C=O) groups excluding carboxylic acids is 2. The van der Waals surface area contributed by atoms with Crippen molar-refractivity contribution in [3.63, 3.8) is 0 Å². The van der Waals surface area contributed by atoms with Crippen LogP contribution in [0.1, 0.15) is 51.0 Å². The first-order valence-corrected chi connectivity index (χ1v) is 12.3. The van der Waals surface area contributed by atoms with E-state index in [4.69, 9.17) is 14.2 Å². The van der Waals surface area contributed by atoms with Gasteiger partial charge in [0.25, 0.3) is 5.91 Å². The zero-order chi connectivity index (χ0) is 26.3. The number of nitrogens with zero attached hydrogens (tertiary/aromatic N) is 1. The normalized spacial score (nSPS) is 10.9. The molecule has 0 spiro atoms. The molecule has 2 N–H and O–H groups in total. The zero-order valence-electron chi connectivity index (χ0n) is 21.7. The van der Waals surface area contributed by atoms with E-state index in [1.807, 2.05) is 0 Å². The number of carbonyl (C=O) groups is 2. The Hall–Kier alpha value is -3.52. The number of hydrogen-bond donors (Lipinski definition) is 2. The van der Waals surface area contributed by atoms with E-state index in [0.717, 1.165) is 12.8 Å². The zero-order valence-corrected chi connectivity index (χ0v) is 21.7. The third kappa shape index (κ3) is 9.26. The molecular weight excluding hydrogens is 460 g/mol. The predicted octanol–water partition coefficient (Wildman–Crippen LogP) is 5.40. The average Bonchev–Trinajstić information content (AvgIpc) is 2.89. The molecular formula is C28H38N2O6. The summed E-state index contributed by atoms with van der Waals surface area (Å²) in [7, 11) is 4.55. The molecule has 0 aliphatic carbocycles. The van der Waals surface area contributed by atoms with E-state index in [1.54, 1.807) is 49.5 Å². The Morgan fingerprint density at radius 3 is 2.33 bits per heavy atom. The second-order valence-electron chi connectivity index (χ2n) is 8.42. The maximum atomic E-state index is 12.5. The minimum absolute atomic E-state index is 0.0182. The summed E-state index contributed by atoms with van der Waals surface area (Å²) < 4.78 is 15.8. The molecule has 2 aromatic rings. The van der Waals surface area contributed by atoms with Gasteiger partial charge in [-0.1, -0.05) is 45.1 Å². The van der Waals surface area contributed by atoms with Crippen LogP contribution in [0.25, 0.3) is 6.08 Å². The quantitative estimate of drug-likeness (QED) is 0.252. The highest BCUT2D eigenvalue weighted by molar-refractivity contribution is 6.02. The summed E-state index contributed by atoms with van der Waals surface area (Å²) in [6, 6.07) is 10.2. The molecule has 0 aliphatic heterocycles. The van der Waals surface area contributed by atoms with E-state index < -0.39 is 0 Å². The van der Waals surface area contributed by atoms with Crippen molar-refractivity contribution in [2.45, 2.75) is 45.4 Å². The summed E-state index contributed by atoms with van der Waals surface area (Å²) in [6.45, 7) is 2.79. The van der Waals surface area contributed by atoms with Crippen molar-refractivity contribution < 1.29 is 28.9 Å². The molecule has 0 heterocycles. The van der Waals surface area contributed by atoms with Crippen LogP contribution in [0.15, 0.2) is 42.5 Å². The van der Waals surface area contributed by atoms with Gasteiger partial charge in [0, 0.05) is 31.1 Å². The molecule has 2 rings (SSSR count). The van der Waals surface area contributed by atoms with Crippen molar-refractivity contribution in [3.05, 3.63) is 48.0 Å². The summed E-state index contributed by atoms with van der Waals surface area (Å²) in [5, 5.41) is 12.8. The number of methoxy groups -OCH3 is 2. The fourth-order valence-corrected chi connectivity index (χ4v) is 3.54. The van der Waals surface area contributed by atoms with Crippen molar-refractivity contribution in [2.24, 2.45) is 0 Å². The summed E-state index contributed by atoms with van der Waals surface area (Å²) in [6.07, 6.45) is 9.97. The molecule has 0 bridgehead atoms. The van der Waals surface area contributed by atoms with E-state index in [1.165, 1.54) is 50.9 Å². The van der Waals surface area contributed by atoms with Gasteiger partial charge in [-0.2, -0.15) is 0 Å². The molecule has 0 atom stereocenters. The Morgan fingerprint density at radius 2 is 1.67 bits per heavy atom. The van der Waals surface area contributed by atoms with Gasteiger partial charge in [0.15, 0.2) is 11.5 Å². The van der Waals surface area contributed by atoms with Gasteiger partial charge in [0.1, 0.15) is 6.61 Å². The van der Waals surface area contributed by atoms with Gasteiger partial charge in [0.05, 0.1) is 14.2 Å². The van der Waals surface area contributed by atoms with Crippen LogP contribution in [-0.2, 0) is 14.3 Å². The number of anilines is 2. The van der Waals surface area contributed by atoms with E-state index in [2.05, 4.69) is 12.2 Å². The molecule has 0 radical (unpaired) electrons. The minimum atomic E-state index is -0.352. The van der Waals surface area contributed by atoms with Crippen molar-refractivity contribution >= 4 is 29.3 Å². The number of hydrogen-bond acceptors (Lipinski definition) is 6. The van der Waals surface area contributed by atoms with Gasteiger partial charge in [-0.15, -0.1) is 0 Å². The first kappa shape index (κ1) is 28.7. The molecule has 2 aromatic carbocycles. The Balaban J connectivity index is 1.88. The van der Waals surface area contributed by atoms with Gasteiger partial charge >= 0.3 is 0 Å². The first-order chi connectivity index (χ1) is 17.4. The highest BCUT2D eigenvalue weighted by atomic mass is 16.5. The van der Waals surface area contributed by atoms with Crippen LogP contribution < -0.4 is 19.7 Å². The Bertz CT molecular complexity index is 996. The standard InChI is InChI=1S/C28H38N2O6/c1-5-6-7-8-9-10-16-36-20-27(32)30(2)23-13-11-12-22(19-23)29-26(31)15-14-21-17-24(34-3)28(33)25(18-21)35-4/h11-15,17-19,33H,5-10,16,20H2,1-4H3,(H,29,31). The number of phenols is 1. The minimum Gasteiger partial charge on any atom is -0.502 e. The average molecular weight is 499 g/mol. The lowest BCUT2D eigenvalue weighted by Crippen LogP contribution is -2.30. The summed E-state index contributed by atoms with van der Waals surface area (Å²) in [5.41, 5.74) is 1.82. The van der Waals surface area contributed by atoms with E-state index in [9.17, 15) is 14.7 Å². The van der Waals surface area contributed by atoms with E-state index in [-0.39, 0.29) is 35.7 Å². The molecule has 0 aliphatic rings. The summed E-state index contributed by atoms with van der Waals surface area (Å²) in [5.74, 6) is -0.129. The Labute approximate surface area is 213 Å². The molecule has 36 heavy (non-hydrogen) atoms. The van der Waals surface area contributed by atoms with Gasteiger partial charge in [-0.3, -0.25) is 9.59 Å². The number of ether oxygens (including phenoxy) is 3. The monoisotopic (exact) mass is 498 g/mol. The topological polar surface area (TPSA) is 97.3 Å². The molecule has 0 aromatic heterocycles. The molecule has 196 valence electrons. The Kier molecular flexibility index (Phi) is 12.3. The van der Waals surface area contributed by atoms with Crippen LogP contribution in [-0.4, -0.2) is 51.4 Å². The third-order valence-corrected chi connectivity index (χ3v) is 5.67. The predicted molar refractivity (Wildman–Crippen MR) is 143 cm³/mol. The van der Waals surface area contributed by atoms with Crippen molar-refractivity contribution in [3.8, 4) is 17.2 Å². The number of unbranched alkanes of at least 4 members (excludes halogenated alkanes) is 5. The second kappa shape index (κ2) is 15.5. The number of benzene rings is 2. The van der Waals surface area contributed by atoms with Crippen LogP contribution in [0.4, 0.5) is 11.4 Å². The molecule has 0 fully saturated rings. The highest BCUT2D eigenvalue weighted by Crippen LogP contribution is 2.37. The van der Waals surface area contributed by atoms with Gasteiger partial charge < -0.3 is 29.5 Å². The van der Waals surface area contributed by atoms with Crippen LogP contribution in [0.3, 0.4) is 0 Å². The molecule has 8 heteroatoms. The largest absolute Gasteiger partial charge is 0.502 e. The Morgan fingerprint density at radius 1 is 1.00 bits per heavy atom. The summed E-state index contributed by atoms with van der Waals surface area (Å²) >= 11 is 0. The number of phenolic OH excluding ortho intramolecular Hbond substituents is 1. The maximum Gasteiger partial charge on any atom is 0.252 e. The molecule has 0 saturated carbocycles. The van der Waals surface area contributed by atoms with Gasteiger partial charge in [-0.25, -0.2) is 0 Å². The van der Waals surface area contributed by atoms with Crippen LogP contribution in [0, 0.1) is 0 Å². The maximum absolute atomic E-state index is 12.5. The van der Waals surface area contributed by atoms with Crippen LogP contribution >= 0.6 is 0 Å². The van der Waals surface area contributed by atoms with Crippen molar-refractivity contribution in [1.82, 2.24) is 0 Å². The first-order valence-electron chi connectivity index (χ1n) is 12.3. The van der Waals surface area contributed by atoms with Crippen molar-refractivity contribution in [1.29, 1.82) is 0 Å². The number of rotatable bonds is 15. The fourth-order valence-electron chi connectivity index (χ4n) is 3.54. The second-order valence-corrected chi connectivity index (χ2v) is 8.42. The lowest BCUT2D eigenvalue weighted by atomic mass is 10.1. The SMILES string of the molecule is CCCCCCCCOCC(=O)N(C)c1cccc(NC(=O)C=Cc2cc(OC)c(O)c(OC)c2)c1.